The van der Waals surface area contributed by atoms with Crippen LogP contribution >= 0.6 is 11.8 Å². The topological polar surface area (TPSA) is 35.9 Å². The van der Waals surface area contributed by atoms with Crippen molar-refractivity contribution in [1.82, 2.24) is 4.90 Å². The molecule has 39 heavy (non-hydrogen) atoms. The van der Waals surface area contributed by atoms with Crippen molar-refractivity contribution < 1.29 is 4.79 Å². The van der Waals surface area contributed by atoms with Gasteiger partial charge in [0.15, 0.2) is 5.17 Å². The van der Waals surface area contributed by atoms with E-state index in [4.69, 9.17) is 4.99 Å². The third kappa shape index (κ3) is 5.84. The summed E-state index contributed by atoms with van der Waals surface area (Å²) in [7, 11) is 0. The largest absolute Gasteiger partial charge is 0.366 e. The highest BCUT2D eigenvalue weighted by Gasteiger charge is 2.36. The fourth-order valence-corrected chi connectivity index (χ4v) is 7.05. The zero-order valence-electron chi connectivity index (χ0n) is 23.8. The number of para-hydroxylation sites is 1. The monoisotopic (exact) mass is 537 g/mol. The molecule has 0 saturated carbocycles. The normalized spacial score (nSPS) is 20.6. The van der Waals surface area contributed by atoms with Gasteiger partial charge in [-0.05, 0) is 117 Å². The smallest absolute Gasteiger partial charge is 0.266 e. The van der Waals surface area contributed by atoms with Crippen LogP contribution in [0.2, 0.25) is 0 Å². The zero-order chi connectivity index (χ0) is 27.6. The molecule has 5 rings (SSSR count). The molecule has 1 amide bonds. The van der Waals surface area contributed by atoms with Crippen LogP contribution in [-0.2, 0) is 11.2 Å². The number of benzene rings is 3. The number of thioether (sulfide) groups is 1. The summed E-state index contributed by atoms with van der Waals surface area (Å²) in [6, 6.07) is 25.0. The van der Waals surface area contributed by atoms with Gasteiger partial charge in [0.05, 0.1) is 10.6 Å². The number of amidine groups is 1. The number of nitrogens with zero attached hydrogens (tertiary/aromatic N) is 3. The number of aliphatic imine (C=N–C) groups is 1. The first-order chi connectivity index (χ1) is 18.8. The van der Waals surface area contributed by atoms with E-state index in [0.29, 0.717) is 12.5 Å². The van der Waals surface area contributed by atoms with Gasteiger partial charge in [-0.3, -0.25) is 9.69 Å². The van der Waals surface area contributed by atoms with Crippen molar-refractivity contribution in [3.05, 3.63) is 100.0 Å². The Hall–Kier alpha value is -3.31. The second-order valence-corrected chi connectivity index (χ2v) is 12.3. The summed E-state index contributed by atoms with van der Waals surface area (Å²) in [6.45, 7) is 13.0. The molecule has 0 bridgehead atoms. The number of carbonyl (C=O) groups is 1. The molecule has 5 heteroatoms. The van der Waals surface area contributed by atoms with E-state index < -0.39 is 0 Å². The van der Waals surface area contributed by atoms with E-state index in [9.17, 15) is 4.79 Å². The SMILES string of the molecule is CCN1c2cc(C)c(/C=C3/SC(=Nc4ccccc4)N(CCCc4ccccc4)C3=O)cc2C(C)CC1(C)C. The van der Waals surface area contributed by atoms with Crippen molar-refractivity contribution in [2.24, 2.45) is 4.99 Å². The van der Waals surface area contributed by atoms with Crippen LogP contribution in [-0.4, -0.2) is 34.6 Å². The van der Waals surface area contributed by atoms with Crippen LogP contribution in [0.25, 0.3) is 6.08 Å². The lowest BCUT2D eigenvalue weighted by atomic mass is 9.79. The Labute approximate surface area is 237 Å². The summed E-state index contributed by atoms with van der Waals surface area (Å²) >= 11 is 1.49. The third-order valence-electron chi connectivity index (χ3n) is 7.94. The quantitative estimate of drug-likeness (QED) is 0.284. The van der Waals surface area contributed by atoms with E-state index >= 15 is 0 Å². The van der Waals surface area contributed by atoms with Crippen molar-refractivity contribution in [1.29, 1.82) is 0 Å². The van der Waals surface area contributed by atoms with Crippen LogP contribution in [0.3, 0.4) is 0 Å². The fourth-order valence-electron chi connectivity index (χ4n) is 6.03. The Bertz CT molecular complexity index is 1390. The molecule has 4 nitrogen and oxygen atoms in total. The highest BCUT2D eigenvalue weighted by Crippen LogP contribution is 2.45. The Morgan fingerprint density at radius 3 is 2.44 bits per heavy atom. The minimum atomic E-state index is 0.0456. The molecule has 2 aliphatic heterocycles. The summed E-state index contributed by atoms with van der Waals surface area (Å²) in [5.74, 6) is 0.511. The van der Waals surface area contributed by atoms with E-state index in [1.807, 2.05) is 41.3 Å². The molecule has 1 atom stereocenters. The molecule has 1 unspecified atom stereocenters. The Kier molecular flexibility index (Phi) is 7.99. The van der Waals surface area contributed by atoms with E-state index in [0.717, 1.165) is 47.1 Å². The number of hydrogen-bond donors (Lipinski definition) is 0. The molecule has 3 aromatic rings. The third-order valence-corrected chi connectivity index (χ3v) is 8.94. The maximum absolute atomic E-state index is 13.7. The van der Waals surface area contributed by atoms with Gasteiger partial charge in [-0.1, -0.05) is 55.5 Å². The Balaban J connectivity index is 1.45. The van der Waals surface area contributed by atoms with Crippen LogP contribution < -0.4 is 4.90 Å². The van der Waals surface area contributed by atoms with Gasteiger partial charge in [0.25, 0.3) is 5.91 Å². The Morgan fingerprint density at radius 2 is 1.74 bits per heavy atom. The van der Waals surface area contributed by atoms with Crippen LogP contribution in [0.1, 0.15) is 68.7 Å². The van der Waals surface area contributed by atoms with Crippen LogP contribution in [0, 0.1) is 6.92 Å². The maximum atomic E-state index is 13.7. The molecule has 0 spiro atoms. The van der Waals surface area contributed by atoms with Gasteiger partial charge in [-0.15, -0.1) is 0 Å². The minimum Gasteiger partial charge on any atom is -0.366 e. The lowest BCUT2D eigenvalue weighted by Crippen LogP contribution is -2.48. The highest BCUT2D eigenvalue weighted by molar-refractivity contribution is 8.18. The predicted molar refractivity (Wildman–Crippen MR) is 167 cm³/mol. The molecule has 1 fully saturated rings. The standard InChI is InChI=1S/C34H39N3OS/c1-6-37-30-20-24(2)27(21-29(30)25(3)23-34(37,4)5)22-31-32(38)36(19-13-16-26-14-9-7-10-15-26)33(39-31)35-28-17-11-8-12-18-28/h7-12,14-15,17-18,20-22,25H,6,13,16,19,23H2,1-5H3/b31-22+,35-33?. The molecule has 0 aliphatic carbocycles. The molecule has 0 N–H and O–H groups in total. The van der Waals surface area contributed by atoms with Gasteiger partial charge in [-0.25, -0.2) is 4.99 Å². The molecular weight excluding hydrogens is 498 g/mol. The Morgan fingerprint density at radius 1 is 1.05 bits per heavy atom. The first-order valence-electron chi connectivity index (χ1n) is 14.1. The van der Waals surface area contributed by atoms with Crippen LogP contribution in [0.15, 0.2) is 82.7 Å². The zero-order valence-corrected chi connectivity index (χ0v) is 24.6. The lowest BCUT2D eigenvalue weighted by molar-refractivity contribution is -0.122. The summed E-state index contributed by atoms with van der Waals surface area (Å²) in [6.07, 6.45) is 5.02. The number of fused-ring (bicyclic) bond motifs is 1. The number of hydrogen-bond acceptors (Lipinski definition) is 4. The van der Waals surface area contributed by atoms with Crippen LogP contribution in [0.5, 0.6) is 0 Å². The number of amides is 1. The average molecular weight is 538 g/mol. The molecular formula is C34H39N3OS. The number of aryl methyl sites for hydroxylation is 2. The van der Waals surface area contributed by atoms with Crippen molar-refractivity contribution in [3.63, 3.8) is 0 Å². The predicted octanol–water partition coefficient (Wildman–Crippen LogP) is 8.34. The summed E-state index contributed by atoms with van der Waals surface area (Å²) in [5.41, 5.74) is 7.32. The average Bonchev–Trinajstić information content (AvgIpc) is 3.19. The molecule has 202 valence electrons. The molecule has 3 aromatic carbocycles. The van der Waals surface area contributed by atoms with Gasteiger partial charge in [0, 0.05) is 24.3 Å². The van der Waals surface area contributed by atoms with Gasteiger partial charge < -0.3 is 4.90 Å². The minimum absolute atomic E-state index is 0.0456. The van der Waals surface area contributed by atoms with E-state index in [2.05, 4.69) is 82.0 Å². The molecule has 2 heterocycles. The summed E-state index contributed by atoms with van der Waals surface area (Å²) in [5, 5.41) is 0.758. The van der Waals surface area contributed by atoms with Gasteiger partial charge in [0.2, 0.25) is 0 Å². The maximum Gasteiger partial charge on any atom is 0.266 e. The van der Waals surface area contributed by atoms with Gasteiger partial charge >= 0.3 is 0 Å². The lowest BCUT2D eigenvalue weighted by Gasteiger charge is -2.47. The highest BCUT2D eigenvalue weighted by atomic mass is 32.2. The van der Waals surface area contributed by atoms with Crippen molar-refractivity contribution in [2.45, 2.75) is 65.3 Å². The second-order valence-electron chi connectivity index (χ2n) is 11.3. The summed E-state index contributed by atoms with van der Waals surface area (Å²) in [4.78, 5) is 23.8. The van der Waals surface area contributed by atoms with Crippen molar-refractivity contribution >= 4 is 40.3 Å². The van der Waals surface area contributed by atoms with E-state index in [-0.39, 0.29) is 11.4 Å². The number of anilines is 1. The molecule has 0 aromatic heterocycles. The van der Waals surface area contributed by atoms with Gasteiger partial charge in [0.1, 0.15) is 0 Å². The number of carbonyl (C=O) groups excluding carboxylic acids is 1. The van der Waals surface area contributed by atoms with E-state index in [1.54, 1.807) is 0 Å². The van der Waals surface area contributed by atoms with Crippen LogP contribution in [0.4, 0.5) is 11.4 Å². The first kappa shape index (κ1) is 27.3. The number of rotatable bonds is 7. The van der Waals surface area contributed by atoms with Crippen molar-refractivity contribution in [3.8, 4) is 0 Å². The van der Waals surface area contributed by atoms with Crippen molar-refractivity contribution in [2.75, 3.05) is 18.0 Å². The molecule has 2 aliphatic rings. The first-order valence-corrected chi connectivity index (χ1v) is 14.9. The fraction of sp³-hybridized carbons (Fsp3) is 0.353. The molecule has 0 radical (unpaired) electrons. The van der Waals surface area contributed by atoms with Gasteiger partial charge in [-0.2, -0.15) is 0 Å². The summed E-state index contributed by atoms with van der Waals surface area (Å²) < 4.78 is 0. The molecule has 1 saturated heterocycles. The van der Waals surface area contributed by atoms with E-state index in [1.165, 1.54) is 34.1 Å². The second kappa shape index (κ2) is 11.4.